The van der Waals surface area contributed by atoms with Crippen molar-refractivity contribution in [1.82, 2.24) is 4.98 Å². The molecule has 4 heteroatoms. The molecule has 0 saturated carbocycles. The van der Waals surface area contributed by atoms with Crippen LogP contribution in [-0.4, -0.2) is 17.4 Å². The highest BCUT2D eigenvalue weighted by Gasteiger charge is 2.07. The van der Waals surface area contributed by atoms with E-state index in [1.807, 2.05) is 31.2 Å². The number of primary amides is 1. The Hall–Kier alpha value is -1.97. The summed E-state index contributed by atoms with van der Waals surface area (Å²) in [6.07, 6.45) is 0. The third-order valence-corrected chi connectivity index (χ3v) is 2.33. The lowest BCUT2D eigenvalue weighted by molar-refractivity contribution is -0.116. The van der Waals surface area contributed by atoms with Crippen molar-refractivity contribution in [2.24, 2.45) is 5.73 Å². The third-order valence-electron chi connectivity index (χ3n) is 2.33. The van der Waals surface area contributed by atoms with Crippen LogP contribution in [0.3, 0.4) is 0 Å². The SMILES string of the molecule is Cc1[nH]c2ccccc2c1NCC(N)=O. The summed E-state index contributed by atoms with van der Waals surface area (Å²) in [5, 5.41) is 4.11. The van der Waals surface area contributed by atoms with Crippen molar-refractivity contribution in [2.45, 2.75) is 6.92 Å². The normalized spacial score (nSPS) is 10.5. The van der Waals surface area contributed by atoms with Gasteiger partial charge in [0.15, 0.2) is 0 Å². The van der Waals surface area contributed by atoms with Crippen LogP contribution in [0, 0.1) is 6.92 Å². The maximum Gasteiger partial charge on any atom is 0.236 e. The molecular weight excluding hydrogens is 190 g/mol. The van der Waals surface area contributed by atoms with E-state index in [2.05, 4.69) is 10.3 Å². The topological polar surface area (TPSA) is 70.9 Å². The number of carbonyl (C=O) groups is 1. The second kappa shape index (κ2) is 3.65. The molecule has 4 N–H and O–H groups in total. The zero-order valence-corrected chi connectivity index (χ0v) is 8.50. The van der Waals surface area contributed by atoms with E-state index in [1.54, 1.807) is 0 Å². The average molecular weight is 203 g/mol. The molecule has 78 valence electrons. The van der Waals surface area contributed by atoms with Crippen molar-refractivity contribution in [3.63, 3.8) is 0 Å². The molecule has 1 aromatic carbocycles. The van der Waals surface area contributed by atoms with E-state index < -0.39 is 0 Å². The largest absolute Gasteiger partial charge is 0.374 e. The molecule has 0 fully saturated rings. The minimum absolute atomic E-state index is 0.155. The van der Waals surface area contributed by atoms with Gasteiger partial charge in [-0.15, -0.1) is 0 Å². The Balaban J connectivity index is 2.40. The maximum atomic E-state index is 10.7. The molecule has 0 radical (unpaired) electrons. The maximum absolute atomic E-state index is 10.7. The van der Waals surface area contributed by atoms with Gasteiger partial charge in [0.25, 0.3) is 0 Å². The van der Waals surface area contributed by atoms with Gasteiger partial charge in [0.05, 0.1) is 12.2 Å². The second-order valence-corrected chi connectivity index (χ2v) is 3.49. The first-order valence-corrected chi connectivity index (χ1v) is 4.78. The number of aromatic nitrogens is 1. The van der Waals surface area contributed by atoms with Gasteiger partial charge in [-0.3, -0.25) is 4.79 Å². The molecule has 1 aromatic heterocycles. The molecule has 1 amide bonds. The lowest BCUT2D eigenvalue weighted by Gasteiger charge is -2.03. The Kier molecular flexibility index (Phi) is 2.33. The van der Waals surface area contributed by atoms with Crippen LogP contribution in [0.4, 0.5) is 5.69 Å². The third kappa shape index (κ3) is 1.79. The summed E-state index contributed by atoms with van der Waals surface area (Å²) in [7, 11) is 0. The number of nitrogens with two attached hydrogens (primary N) is 1. The van der Waals surface area contributed by atoms with Crippen LogP contribution < -0.4 is 11.1 Å². The summed E-state index contributed by atoms with van der Waals surface area (Å²) in [5.74, 6) is -0.361. The predicted octanol–water partition coefficient (Wildman–Crippen LogP) is 1.37. The number of anilines is 1. The zero-order valence-electron chi connectivity index (χ0n) is 8.50. The average Bonchev–Trinajstić information content (AvgIpc) is 2.50. The fraction of sp³-hybridized carbons (Fsp3) is 0.182. The lowest BCUT2D eigenvalue weighted by Crippen LogP contribution is -2.21. The van der Waals surface area contributed by atoms with Gasteiger partial charge in [-0.1, -0.05) is 18.2 Å². The van der Waals surface area contributed by atoms with Crippen LogP contribution in [0.2, 0.25) is 0 Å². The Labute approximate surface area is 87.5 Å². The van der Waals surface area contributed by atoms with Crippen LogP contribution in [-0.2, 0) is 4.79 Å². The summed E-state index contributed by atoms with van der Waals surface area (Å²) >= 11 is 0. The van der Waals surface area contributed by atoms with Crippen LogP contribution in [0.15, 0.2) is 24.3 Å². The van der Waals surface area contributed by atoms with Gasteiger partial charge >= 0.3 is 0 Å². The molecule has 0 atom stereocenters. The van der Waals surface area contributed by atoms with Crippen molar-refractivity contribution in [2.75, 3.05) is 11.9 Å². The number of amides is 1. The quantitative estimate of drug-likeness (QED) is 0.705. The minimum Gasteiger partial charge on any atom is -0.374 e. The fourth-order valence-corrected chi connectivity index (χ4v) is 1.68. The minimum atomic E-state index is -0.361. The van der Waals surface area contributed by atoms with Gasteiger partial charge in [0.1, 0.15) is 0 Å². The van der Waals surface area contributed by atoms with Gasteiger partial charge in [-0.05, 0) is 13.0 Å². The first-order chi connectivity index (χ1) is 7.18. The summed E-state index contributed by atoms with van der Waals surface area (Å²) in [4.78, 5) is 13.9. The van der Waals surface area contributed by atoms with Gasteiger partial charge in [-0.25, -0.2) is 0 Å². The van der Waals surface area contributed by atoms with Gasteiger partial charge < -0.3 is 16.0 Å². The fourth-order valence-electron chi connectivity index (χ4n) is 1.68. The van der Waals surface area contributed by atoms with Crippen LogP contribution >= 0.6 is 0 Å². The molecule has 0 spiro atoms. The monoisotopic (exact) mass is 203 g/mol. The van der Waals surface area contributed by atoms with Crippen LogP contribution in [0.5, 0.6) is 0 Å². The molecule has 0 aliphatic carbocycles. The molecule has 0 aliphatic rings. The Morgan fingerprint density at radius 3 is 2.93 bits per heavy atom. The highest BCUT2D eigenvalue weighted by atomic mass is 16.1. The first kappa shape index (κ1) is 9.58. The van der Waals surface area contributed by atoms with Crippen LogP contribution in [0.25, 0.3) is 10.9 Å². The van der Waals surface area contributed by atoms with E-state index in [4.69, 9.17) is 5.73 Å². The second-order valence-electron chi connectivity index (χ2n) is 3.49. The van der Waals surface area contributed by atoms with Crippen molar-refractivity contribution in [1.29, 1.82) is 0 Å². The molecular formula is C11H13N3O. The Morgan fingerprint density at radius 2 is 2.20 bits per heavy atom. The summed E-state index contributed by atoms with van der Waals surface area (Å²) < 4.78 is 0. The van der Waals surface area contributed by atoms with E-state index >= 15 is 0 Å². The number of H-pyrrole nitrogens is 1. The highest BCUT2D eigenvalue weighted by Crippen LogP contribution is 2.26. The summed E-state index contributed by atoms with van der Waals surface area (Å²) in [5.41, 5.74) is 8.11. The molecule has 0 bridgehead atoms. The summed E-state index contributed by atoms with van der Waals surface area (Å²) in [6.45, 7) is 2.12. The van der Waals surface area contributed by atoms with Gasteiger partial charge in [0.2, 0.25) is 5.91 Å². The number of carbonyl (C=O) groups excluding carboxylic acids is 1. The number of aromatic amines is 1. The number of para-hydroxylation sites is 1. The number of hydrogen-bond donors (Lipinski definition) is 3. The first-order valence-electron chi connectivity index (χ1n) is 4.78. The van der Waals surface area contributed by atoms with E-state index in [9.17, 15) is 4.79 Å². The lowest BCUT2D eigenvalue weighted by atomic mass is 10.2. The molecule has 0 saturated heterocycles. The number of aryl methyl sites for hydroxylation is 1. The molecule has 0 unspecified atom stereocenters. The number of rotatable bonds is 3. The number of nitrogens with one attached hydrogen (secondary N) is 2. The Bertz CT molecular complexity index is 502. The van der Waals surface area contributed by atoms with Crippen LogP contribution in [0.1, 0.15) is 5.69 Å². The van der Waals surface area contributed by atoms with Gasteiger partial charge in [0, 0.05) is 16.6 Å². The van der Waals surface area contributed by atoms with Crippen molar-refractivity contribution < 1.29 is 4.79 Å². The Morgan fingerprint density at radius 1 is 1.47 bits per heavy atom. The molecule has 0 aliphatic heterocycles. The van der Waals surface area contributed by atoms with E-state index in [-0.39, 0.29) is 12.5 Å². The molecule has 1 heterocycles. The van der Waals surface area contributed by atoms with E-state index in [0.717, 1.165) is 22.3 Å². The molecule has 2 aromatic rings. The van der Waals surface area contributed by atoms with E-state index in [0.29, 0.717) is 0 Å². The van der Waals surface area contributed by atoms with E-state index in [1.165, 1.54) is 0 Å². The number of benzene rings is 1. The standard InChI is InChI=1S/C11H13N3O/c1-7-11(13-6-10(12)15)8-4-2-3-5-9(8)14-7/h2-5,13-14H,6H2,1H3,(H2,12,15). The highest BCUT2D eigenvalue weighted by molar-refractivity contribution is 5.95. The number of fused-ring (bicyclic) bond motifs is 1. The molecule has 2 rings (SSSR count). The smallest absolute Gasteiger partial charge is 0.236 e. The molecule has 15 heavy (non-hydrogen) atoms. The summed E-state index contributed by atoms with van der Waals surface area (Å²) in [6, 6.07) is 7.93. The van der Waals surface area contributed by atoms with Gasteiger partial charge in [-0.2, -0.15) is 0 Å². The molecule has 4 nitrogen and oxygen atoms in total. The number of hydrogen-bond acceptors (Lipinski definition) is 2. The predicted molar refractivity (Wildman–Crippen MR) is 60.7 cm³/mol. The van der Waals surface area contributed by atoms with Crippen molar-refractivity contribution in [3.8, 4) is 0 Å². The van der Waals surface area contributed by atoms with Crippen molar-refractivity contribution >= 4 is 22.5 Å². The van der Waals surface area contributed by atoms with Crippen molar-refractivity contribution in [3.05, 3.63) is 30.0 Å². The zero-order chi connectivity index (χ0) is 10.8.